The van der Waals surface area contributed by atoms with Crippen LogP contribution in [-0.4, -0.2) is 24.2 Å². The number of isocyanates is 1. The van der Waals surface area contributed by atoms with E-state index in [0.29, 0.717) is 0 Å². The third kappa shape index (κ3) is 3.50. The lowest BCUT2D eigenvalue weighted by molar-refractivity contribution is -0.285. The quantitative estimate of drug-likeness (QED) is 0.393. The highest BCUT2D eigenvalue weighted by Gasteiger charge is 2.57. The Morgan fingerprint density at radius 3 is 2.08 bits per heavy atom. The van der Waals surface area contributed by atoms with E-state index in [4.69, 9.17) is 0 Å². The van der Waals surface area contributed by atoms with Gasteiger partial charge in [-0.2, -0.15) is 22.0 Å². The van der Waals surface area contributed by atoms with E-state index in [9.17, 15) is 26.7 Å². The molecule has 0 fully saturated rings. The van der Waals surface area contributed by atoms with Crippen molar-refractivity contribution in [2.24, 2.45) is 4.99 Å². The van der Waals surface area contributed by atoms with Crippen LogP contribution < -0.4 is 0 Å². The van der Waals surface area contributed by atoms with Crippen molar-refractivity contribution in [1.29, 1.82) is 0 Å². The highest BCUT2D eigenvalue weighted by atomic mass is 19.4. The van der Waals surface area contributed by atoms with Crippen LogP contribution in [-0.2, 0) is 4.79 Å². The fourth-order valence-electron chi connectivity index (χ4n) is 0.622. The number of halogens is 5. The summed E-state index contributed by atoms with van der Waals surface area (Å²) in [4.78, 5) is 12.3. The lowest BCUT2D eigenvalue weighted by Crippen LogP contribution is -2.38. The molecule has 0 aromatic carbocycles. The van der Waals surface area contributed by atoms with Crippen LogP contribution in [0.3, 0.4) is 0 Å². The number of hydrogen-bond acceptors (Lipinski definition) is 2. The smallest absolute Gasteiger partial charge is 0.211 e. The standard InChI is InChI=1S/C6H6F5NO/c1-4(12-3-13)2-5(7,8)6(9,10)11/h4H,2H2,1H3. The second kappa shape index (κ2) is 3.83. The Bertz CT molecular complexity index is 218. The maximum Gasteiger partial charge on any atom is 0.453 e. The van der Waals surface area contributed by atoms with E-state index in [1.807, 2.05) is 0 Å². The van der Waals surface area contributed by atoms with Crippen molar-refractivity contribution in [2.75, 3.05) is 0 Å². The van der Waals surface area contributed by atoms with Crippen LogP contribution in [0.25, 0.3) is 0 Å². The molecule has 0 bridgehead atoms. The zero-order valence-electron chi connectivity index (χ0n) is 6.53. The summed E-state index contributed by atoms with van der Waals surface area (Å²) in [5, 5.41) is 0. The topological polar surface area (TPSA) is 29.4 Å². The lowest BCUT2D eigenvalue weighted by Gasteiger charge is -2.20. The average Bonchev–Trinajstić information content (AvgIpc) is 1.83. The Labute approximate surface area is 70.4 Å². The number of aliphatic imine (C=N–C) groups is 1. The average molecular weight is 203 g/mol. The van der Waals surface area contributed by atoms with Gasteiger partial charge in [0.05, 0.1) is 6.04 Å². The molecular formula is C6H6F5NO. The van der Waals surface area contributed by atoms with E-state index in [2.05, 4.69) is 4.99 Å². The van der Waals surface area contributed by atoms with Crippen molar-refractivity contribution in [3.8, 4) is 0 Å². The summed E-state index contributed by atoms with van der Waals surface area (Å²) in [6.45, 7) is 0.977. The summed E-state index contributed by atoms with van der Waals surface area (Å²) in [6.07, 6.45) is -6.22. The maximum absolute atomic E-state index is 12.2. The van der Waals surface area contributed by atoms with Gasteiger partial charge >= 0.3 is 12.1 Å². The van der Waals surface area contributed by atoms with Crippen LogP contribution in [0.5, 0.6) is 0 Å². The molecule has 0 rings (SSSR count). The predicted molar refractivity (Wildman–Crippen MR) is 33.2 cm³/mol. The summed E-state index contributed by atoms with van der Waals surface area (Å²) in [6, 6.07) is -1.39. The molecule has 0 aliphatic heterocycles. The van der Waals surface area contributed by atoms with E-state index in [1.54, 1.807) is 0 Å². The molecule has 0 N–H and O–H groups in total. The van der Waals surface area contributed by atoms with Gasteiger partial charge in [0.25, 0.3) is 0 Å². The Hall–Kier alpha value is -0.970. The van der Waals surface area contributed by atoms with Gasteiger partial charge in [-0.05, 0) is 6.92 Å². The molecule has 0 aliphatic carbocycles. The van der Waals surface area contributed by atoms with Crippen LogP contribution in [0.1, 0.15) is 13.3 Å². The second-order valence-electron chi connectivity index (χ2n) is 2.48. The molecule has 1 atom stereocenters. The minimum absolute atomic E-state index is 0.916. The maximum atomic E-state index is 12.2. The zero-order chi connectivity index (χ0) is 10.7. The molecule has 0 radical (unpaired) electrons. The van der Waals surface area contributed by atoms with Gasteiger partial charge in [0, 0.05) is 6.42 Å². The summed E-state index contributed by atoms with van der Waals surface area (Å²) in [7, 11) is 0. The molecule has 0 amide bonds. The van der Waals surface area contributed by atoms with E-state index < -0.39 is 24.6 Å². The first-order chi connectivity index (χ1) is 5.70. The fraction of sp³-hybridized carbons (Fsp3) is 0.833. The summed E-state index contributed by atoms with van der Waals surface area (Å²) >= 11 is 0. The molecule has 1 unspecified atom stereocenters. The van der Waals surface area contributed by atoms with Crippen LogP contribution >= 0.6 is 0 Å². The Balaban J connectivity index is 4.42. The molecule has 7 heteroatoms. The van der Waals surface area contributed by atoms with Gasteiger partial charge < -0.3 is 0 Å². The highest BCUT2D eigenvalue weighted by Crippen LogP contribution is 2.39. The molecular weight excluding hydrogens is 197 g/mol. The molecule has 0 saturated carbocycles. The lowest BCUT2D eigenvalue weighted by atomic mass is 10.1. The Morgan fingerprint density at radius 1 is 1.31 bits per heavy atom. The first-order valence-electron chi connectivity index (χ1n) is 3.22. The monoisotopic (exact) mass is 203 g/mol. The number of hydrogen-bond donors (Lipinski definition) is 0. The molecule has 0 aliphatic rings. The number of carbonyl (C=O) groups excluding carboxylic acids is 1. The van der Waals surface area contributed by atoms with Gasteiger partial charge in [0.1, 0.15) is 0 Å². The van der Waals surface area contributed by atoms with Gasteiger partial charge in [-0.15, -0.1) is 0 Å². The van der Waals surface area contributed by atoms with Crippen molar-refractivity contribution in [3.05, 3.63) is 0 Å². The predicted octanol–water partition coefficient (Wildman–Crippen LogP) is 2.30. The third-order valence-corrected chi connectivity index (χ3v) is 1.24. The molecule has 76 valence electrons. The van der Waals surface area contributed by atoms with Gasteiger partial charge in [0.2, 0.25) is 6.08 Å². The van der Waals surface area contributed by atoms with Crippen LogP contribution in [0.2, 0.25) is 0 Å². The van der Waals surface area contributed by atoms with Gasteiger partial charge in [-0.25, -0.2) is 9.79 Å². The van der Waals surface area contributed by atoms with E-state index >= 15 is 0 Å². The number of alkyl halides is 5. The van der Waals surface area contributed by atoms with Crippen LogP contribution in [0, 0.1) is 0 Å². The summed E-state index contributed by atoms with van der Waals surface area (Å²) in [5.74, 6) is -4.81. The normalized spacial score (nSPS) is 14.9. The highest BCUT2D eigenvalue weighted by molar-refractivity contribution is 5.33. The summed E-state index contributed by atoms with van der Waals surface area (Å²) in [5.41, 5.74) is 0. The molecule has 0 spiro atoms. The fourth-order valence-corrected chi connectivity index (χ4v) is 0.622. The largest absolute Gasteiger partial charge is 0.453 e. The van der Waals surface area contributed by atoms with Crippen LogP contribution in [0.15, 0.2) is 4.99 Å². The van der Waals surface area contributed by atoms with Crippen molar-refractivity contribution < 1.29 is 26.7 Å². The van der Waals surface area contributed by atoms with Crippen molar-refractivity contribution >= 4 is 6.08 Å². The molecule has 2 nitrogen and oxygen atoms in total. The molecule has 0 aromatic heterocycles. The Morgan fingerprint density at radius 2 is 1.77 bits per heavy atom. The van der Waals surface area contributed by atoms with E-state index in [0.717, 1.165) is 13.0 Å². The van der Waals surface area contributed by atoms with Gasteiger partial charge in [-0.3, -0.25) is 0 Å². The van der Waals surface area contributed by atoms with Crippen molar-refractivity contribution in [2.45, 2.75) is 31.5 Å². The first-order valence-corrected chi connectivity index (χ1v) is 3.22. The van der Waals surface area contributed by atoms with Crippen molar-refractivity contribution in [1.82, 2.24) is 0 Å². The van der Waals surface area contributed by atoms with E-state index in [1.165, 1.54) is 0 Å². The molecule has 0 aromatic rings. The number of rotatable bonds is 3. The molecule has 13 heavy (non-hydrogen) atoms. The first kappa shape index (κ1) is 12.0. The molecule has 0 heterocycles. The molecule has 0 saturated heterocycles. The Kier molecular flexibility index (Phi) is 3.54. The summed E-state index contributed by atoms with van der Waals surface area (Å²) < 4.78 is 59.0. The minimum Gasteiger partial charge on any atom is -0.211 e. The minimum atomic E-state index is -5.60. The van der Waals surface area contributed by atoms with Crippen molar-refractivity contribution in [3.63, 3.8) is 0 Å². The zero-order valence-corrected chi connectivity index (χ0v) is 6.53. The second-order valence-corrected chi connectivity index (χ2v) is 2.48. The SMILES string of the molecule is CC(CC(F)(F)C(F)(F)F)N=C=O. The van der Waals surface area contributed by atoms with Crippen LogP contribution in [0.4, 0.5) is 22.0 Å². The van der Waals surface area contributed by atoms with E-state index in [-0.39, 0.29) is 0 Å². The third-order valence-electron chi connectivity index (χ3n) is 1.24. The van der Waals surface area contributed by atoms with Gasteiger partial charge in [-0.1, -0.05) is 0 Å². The number of nitrogens with zero attached hydrogens (tertiary/aromatic N) is 1. The van der Waals surface area contributed by atoms with Gasteiger partial charge in [0.15, 0.2) is 0 Å².